The molecular weight excluding hydrogens is 425 g/mol. The number of carbonyl (C=O) groups excluding carboxylic acids is 1. The van der Waals surface area contributed by atoms with Crippen LogP contribution in [0.2, 0.25) is 0 Å². The molecule has 158 valence electrons. The summed E-state index contributed by atoms with van der Waals surface area (Å²) in [5, 5.41) is 15.5. The predicted molar refractivity (Wildman–Crippen MR) is 126 cm³/mol. The molecule has 0 saturated carbocycles. The number of hydrogen-bond donors (Lipinski definition) is 1. The van der Waals surface area contributed by atoms with E-state index in [0.717, 1.165) is 22.5 Å². The molecule has 1 aromatic heterocycles. The molecule has 2 aliphatic rings. The molecule has 0 aliphatic carbocycles. The van der Waals surface area contributed by atoms with Crippen LogP contribution in [-0.4, -0.2) is 31.5 Å². The molecule has 8 heteroatoms. The number of aliphatic imine (C=N–C) groups is 1. The first-order chi connectivity index (χ1) is 15.4. The lowest BCUT2D eigenvalue weighted by Gasteiger charge is -2.20. The highest BCUT2D eigenvalue weighted by Crippen LogP contribution is 2.32. The molecule has 2 aliphatic heterocycles. The normalized spacial score (nSPS) is 17.0. The summed E-state index contributed by atoms with van der Waals surface area (Å²) < 4.78 is 16.2. The highest BCUT2D eigenvalue weighted by atomic mass is 32.2. The Hall–Kier alpha value is -3.78. The van der Waals surface area contributed by atoms with E-state index in [1.807, 2.05) is 50.2 Å². The standard InChI is InChI=1S/C24H18FN5OS/c1-14-12-17(15(2)29(14)20-11-7-6-10-19(20)25)13-18-21(26)30-24(27-22(18)31)32-23(28-30)16-8-4-3-5-9-16/h3-13,26H,1-2H3/b18-13-,26-21?. The third-order valence-corrected chi connectivity index (χ3v) is 6.30. The van der Waals surface area contributed by atoms with Crippen molar-refractivity contribution >= 4 is 39.8 Å². The Labute approximate surface area is 188 Å². The zero-order chi connectivity index (χ0) is 22.4. The van der Waals surface area contributed by atoms with Gasteiger partial charge in [0.1, 0.15) is 10.9 Å². The maximum atomic E-state index is 14.4. The summed E-state index contributed by atoms with van der Waals surface area (Å²) >= 11 is 1.26. The van der Waals surface area contributed by atoms with E-state index in [1.165, 1.54) is 22.8 Å². The Morgan fingerprint density at radius 2 is 1.78 bits per heavy atom. The van der Waals surface area contributed by atoms with Gasteiger partial charge >= 0.3 is 0 Å². The van der Waals surface area contributed by atoms with Gasteiger partial charge < -0.3 is 4.57 Å². The fourth-order valence-corrected chi connectivity index (χ4v) is 4.68. The second-order valence-electron chi connectivity index (χ2n) is 7.40. The SMILES string of the molecule is Cc1cc(/C=C2/C(=N)N3N=C(c4ccccc4)SC3=NC2=O)c(C)n1-c1ccccc1F. The number of rotatable bonds is 3. The predicted octanol–water partition coefficient (Wildman–Crippen LogP) is 4.90. The molecular formula is C24H18FN5OS. The minimum Gasteiger partial charge on any atom is -0.315 e. The van der Waals surface area contributed by atoms with E-state index < -0.39 is 5.91 Å². The number of thioether (sulfide) groups is 1. The van der Waals surface area contributed by atoms with Crippen molar-refractivity contribution in [3.05, 3.63) is 94.6 Å². The van der Waals surface area contributed by atoms with Crippen LogP contribution in [0.3, 0.4) is 0 Å². The Kier molecular flexibility index (Phi) is 4.86. The first-order valence-corrected chi connectivity index (χ1v) is 10.7. The van der Waals surface area contributed by atoms with Crippen molar-refractivity contribution in [2.75, 3.05) is 0 Å². The van der Waals surface area contributed by atoms with E-state index >= 15 is 0 Å². The van der Waals surface area contributed by atoms with Crippen LogP contribution < -0.4 is 0 Å². The average Bonchev–Trinajstić information content (AvgIpc) is 3.33. The largest absolute Gasteiger partial charge is 0.315 e. The molecule has 3 heterocycles. The van der Waals surface area contributed by atoms with Crippen LogP contribution >= 0.6 is 11.8 Å². The fourth-order valence-electron chi connectivity index (χ4n) is 3.78. The number of halogens is 1. The van der Waals surface area contributed by atoms with Crippen LogP contribution in [0.25, 0.3) is 11.8 Å². The van der Waals surface area contributed by atoms with E-state index in [0.29, 0.717) is 15.9 Å². The number of aromatic nitrogens is 1. The molecule has 0 bridgehead atoms. The molecule has 0 saturated heterocycles. The quantitative estimate of drug-likeness (QED) is 0.585. The third-order valence-electron chi connectivity index (χ3n) is 5.34. The maximum absolute atomic E-state index is 14.4. The van der Waals surface area contributed by atoms with Gasteiger partial charge in [0, 0.05) is 17.0 Å². The summed E-state index contributed by atoms with van der Waals surface area (Å²) in [6.45, 7) is 3.73. The molecule has 3 aromatic rings. The van der Waals surface area contributed by atoms with Gasteiger partial charge in [0.05, 0.1) is 11.3 Å². The van der Waals surface area contributed by atoms with Gasteiger partial charge in [-0.25, -0.2) is 4.39 Å². The number of nitrogens with one attached hydrogen (secondary N) is 1. The number of fused-ring (bicyclic) bond motifs is 1. The number of nitrogens with zero attached hydrogens (tertiary/aromatic N) is 4. The highest BCUT2D eigenvalue weighted by Gasteiger charge is 2.36. The van der Waals surface area contributed by atoms with Gasteiger partial charge in [0.15, 0.2) is 5.84 Å². The van der Waals surface area contributed by atoms with Gasteiger partial charge in [-0.3, -0.25) is 10.2 Å². The van der Waals surface area contributed by atoms with Crippen molar-refractivity contribution in [1.82, 2.24) is 9.58 Å². The summed E-state index contributed by atoms with van der Waals surface area (Å²) in [5.41, 5.74) is 3.77. The molecule has 0 spiro atoms. The smallest absolute Gasteiger partial charge is 0.283 e. The summed E-state index contributed by atoms with van der Waals surface area (Å²) in [5.74, 6) is -0.857. The van der Waals surface area contributed by atoms with Crippen LogP contribution in [0, 0.1) is 25.1 Å². The Bertz CT molecular complexity index is 1370. The van der Waals surface area contributed by atoms with E-state index in [4.69, 9.17) is 5.41 Å². The summed E-state index contributed by atoms with van der Waals surface area (Å²) in [4.78, 5) is 16.9. The number of benzene rings is 2. The molecule has 2 aromatic carbocycles. The van der Waals surface area contributed by atoms with Crippen LogP contribution in [0.4, 0.5) is 4.39 Å². The topological polar surface area (TPSA) is 73.8 Å². The van der Waals surface area contributed by atoms with Crippen molar-refractivity contribution < 1.29 is 9.18 Å². The van der Waals surface area contributed by atoms with Crippen LogP contribution in [0.1, 0.15) is 22.5 Å². The number of aryl methyl sites for hydroxylation is 1. The first kappa shape index (κ1) is 20.1. The maximum Gasteiger partial charge on any atom is 0.283 e. The van der Waals surface area contributed by atoms with E-state index in [1.54, 1.807) is 28.8 Å². The number of amidine groups is 2. The minimum absolute atomic E-state index is 0.0332. The highest BCUT2D eigenvalue weighted by molar-refractivity contribution is 8.27. The second-order valence-corrected chi connectivity index (χ2v) is 8.36. The summed E-state index contributed by atoms with van der Waals surface area (Å²) in [6.07, 6.45) is 1.63. The van der Waals surface area contributed by atoms with E-state index in [2.05, 4.69) is 10.1 Å². The van der Waals surface area contributed by atoms with Crippen LogP contribution in [0.5, 0.6) is 0 Å². The first-order valence-electron chi connectivity index (χ1n) is 9.93. The Balaban J connectivity index is 1.53. The zero-order valence-electron chi connectivity index (χ0n) is 17.3. The lowest BCUT2D eigenvalue weighted by molar-refractivity contribution is -0.114. The van der Waals surface area contributed by atoms with Crippen molar-refractivity contribution in [2.45, 2.75) is 13.8 Å². The number of hydrogen-bond acceptors (Lipinski definition) is 4. The molecule has 1 amide bonds. The fraction of sp³-hybridized carbons (Fsp3) is 0.0833. The van der Waals surface area contributed by atoms with Crippen LogP contribution in [-0.2, 0) is 4.79 Å². The number of carbonyl (C=O) groups is 1. The molecule has 1 N–H and O–H groups in total. The minimum atomic E-state index is -0.492. The van der Waals surface area contributed by atoms with Gasteiger partial charge in [-0.05, 0) is 55.4 Å². The van der Waals surface area contributed by atoms with Gasteiger partial charge in [-0.2, -0.15) is 15.1 Å². The molecule has 32 heavy (non-hydrogen) atoms. The molecule has 0 unspecified atom stereocenters. The molecule has 5 rings (SSSR count). The summed E-state index contributed by atoms with van der Waals surface area (Å²) in [7, 11) is 0. The molecule has 6 nitrogen and oxygen atoms in total. The van der Waals surface area contributed by atoms with Gasteiger partial charge in [0.2, 0.25) is 5.17 Å². The van der Waals surface area contributed by atoms with Gasteiger partial charge in [0.25, 0.3) is 5.91 Å². The Morgan fingerprint density at radius 1 is 1.06 bits per heavy atom. The van der Waals surface area contributed by atoms with Crippen molar-refractivity contribution in [2.24, 2.45) is 10.1 Å². The lowest BCUT2D eigenvalue weighted by Crippen LogP contribution is -2.35. The lowest BCUT2D eigenvalue weighted by atomic mass is 10.1. The van der Waals surface area contributed by atoms with Crippen molar-refractivity contribution in [3.8, 4) is 5.69 Å². The van der Waals surface area contributed by atoms with Crippen molar-refractivity contribution in [1.29, 1.82) is 5.41 Å². The molecule has 0 atom stereocenters. The van der Waals surface area contributed by atoms with Gasteiger partial charge in [-0.15, -0.1) is 0 Å². The number of amides is 1. The molecule has 0 fully saturated rings. The summed E-state index contributed by atoms with van der Waals surface area (Å²) in [6, 6.07) is 18.0. The zero-order valence-corrected chi connectivity index (χ0v) is 18.2. The Morgan fingerprint density at radius 3 is 2.53 bits per heavy atom. The number of hydrazone groups is 1. The van der Waals surface area contributed by atoms with Gasteiger partial charge in [-0.1, -0.05) is 42.5 Å². The monoisotopic (exact) mass is 443 g/mol. The van der Waals surface area contributed by atoms with E-state index in [9.17, 15) is 9.18 Å². The average molecular weight is 444 g/mol. The van der Waals surface area contributed by atoms with Crippen LogP contribution in [0.15, 0.2) is 76.3 Å². The second kappa shape index (κ2) is 7.72. The molecule has 0 radical (unpaired) electrons. The third kappa shape index (κ3) is 3.29. The van der Waals surface area contributed by atoms with Crippen molar-refractivity contribution in [3.63, 3.8) is 0 Å². The van der Waals surface area contributed by atoms with E-state index in [-0.39, 0.29) is 17.2 Å². The number of para-hydroxylation sites is 1.